The van der Waals surface area contributed by atoms with E-state index in [-0.39, 0.29) is 24.2 Å². The third-order valence-corrected chi connectivity index (χ3v) is 5.38. The fourth-order valence-electron chi connectivity index (χ4n) is 3.52. The van der Waals surface area contributed by atoms with Gasteiger partial charge < -0.3 is 9.88 Å². The molecule has 1 amide bonds. The molecule has 164 valence electrons. The minimum absolute atomic E-state index is 0.0492. The van der Waals surface area contributed by atoms with E-state index >= 15 is 0 Å². The van der Waals surface area contributed by atoms with Gasteiger partial charge in [0.15, 0.2) is 0 Å². The maximum Gasteiger partial charge on any atom is 0.268 e. The lowest BCUT2D eigenvalue weighted by Crippen LogP contribution is -2.25. The molecular formula is C24H24FN5O2. The first-order valence-electron chi connectivity index (χ1n) is 10.5. The van der Waals surface area contributed by atoms with Gasteiger partial charge in [-0.05, 0) is 30.7 Å². The van der Waals surface area contributed by atoms with Gasteiger partial charge in [-0.1, -0.05) is 31.5 Å². The zero-order valence-corrected chi connectivity index (χ0v) is 18.0. The van der Waals surface area contributed by atoms with Crippen LogP contribution in [0.1, 0.15) is 47.0 Å². The van der Waals surface area contributed by atoms with Crippen LogP contribution in [0.3, 0.4) is 0 Å². The van der Waals surface area contributed by atoms with Crippen LogP contribution < -0.4 is 5.32 Å². The van der Waals surface area contributed by atoms with Gasteiger partial charge in [-0.25, -0.2) is 14.1 Å². The summed E-state index contributed by atoms with van der Waals surface area (Å²) in [6.07, 6.45) is 5.51. The quantitative estimate of drug-likeness (QED) is 0.470. The highest BCUT2D eigenvalue weighted by Crippen LogP contribution is 2.23. The maximum absolute atomic E-state index is 13.8. The molecule has 7 nitrogen and oxygen atoms in total. The summed E-state index contributed by atoms with van der Waals surface area (Å²) in [5.74, 6) is -0.721. The van der Waals surface area contributed by atoms with Gasteiger partial charge in [0.1, 0.15) is 17.2 Å². The number of amides is 1. The Hall–Kier alpha value is -3.81. The van der Waals surface area contributed by atoms with Crippen molar-refractivity contribution in [3.8, 4) is 11.3 Å². The average Bonchev–Trinajstić information content (AvgIpc) is 3.42. The molecular weight excluding hydrogens is 409 g/mol. The Labute approximate surface area is 184 Å². The van der Waals surface area contributed by atoms with Crippen molar-refractivity contribution in [1.82, 2.24) is 24.6 Å². The summed E-state index contributed by atoms with van der Waals surface area (Å²) >= 11 is 0. The lowest BCUT2D eigenvalue weighted by atomic mass is 10.2. The predicted molar refractivity (Wildman–Crippen MR) is 120 cm³/mol. The Morgan fingerprint density at radius 1 is 1.16 bits per heavy atom. The molecule has 1 aromatic carbocycles. The van der Waals surface area contributed by atoms with Gasteiger partial charge in [0.25, 0.3) is 5.91 Å². The Kier molecular flexibility index (Phi) is 6.11. The number of hydrogen-bond acceptors (Lipinski definition) is 4. The summed E-state index contributed by atoms with van der Waals surface area (Å²) in [6.45, 7) is 2.13. The molecule has 0 aliphatic carbocycles. The summed E-state index contributed by atoms with van der Waals surface area (Å²) in [4.78, 5) is 29.6. The van der Waals surface area contributed by atoms with Crippen molar-refractivity contribution in [1.29, 1.82) is 0 Å². The summed E-state index contributed by atoms with van der Waals surface area (Å²) in [6, 6.07) is 11.8. The molecule has 3 heterocycles. The summed E-state index contributed by atoms with van der Waals surface area (Å²) < 4.78 is 16.9. The molecule has 4 aromatic rings. The van der Waals surface area contributed by atoms with Crippen LogP contribution in [0.15, 0.2) is 54.9 Å². The van der Waals surface area contributed by atoms with E-state index in [0.717, 1.165) is 23.8 Å². The number of pyridine rings is 1. The topological polar surface area (TPSA) is 81.8 Å². The Morgan fingerprint density at radius 2 is 1.97 bits per heavy atom. The molecule has 0 atom stereocenters. The molecule has 4 rings (SSSR count). The second-order valence-corrected chi connectivity index (χ2v) is 7.64. The van der Waals surface area contributed by atoms with E-state index in [0.29, 0.717) is 29.0 Å². The van der Waals surface area contributed by atoms with Crippen molar-refractivity contribution in [2.45, 2.75) is 32.7 Å². The first-order valence-corrected chi connectivity index (χ1v) is 10.5. The van der Waals surface area contributed by atoms with E-state index in [2.05, 4.69) is 15.4 Å². The molecule has 0 bridgehead atoms. The van der Waals surface area contributed by atoms with E-state index in [9.17, 15) is 14.0 Å². The van der Waals surface area contributed by atoms with Crippen molar-refractivity contribution >= 4 is 22.8 Å². The second-order valence-electron chi connectivity index (χ2n) is 7.64. The third kappa shape index (κ3) is 4.30. The number of unbranched alkanes of at least 4 members (excludes halogenated alkanes) is 1. The van der Waals surface area contributed by atoms with Crippen LogP contribution >= 0.6 is 0 Å². The molecule has 8 heteroatoms. The van der Waals surface area contributed by atoms with Crippen LogP contribution in [-0.4, -0.2) is 31.1 Å². The predicted octanol–water partition coefficient (Wildman–Crippen LogP) is 4.34. The lowest BCUT2D eigenvalue weighted by Gasteiger charge is -2.07. The normalized spacial score (nSPS) is 11.1. The Morgan fingerprint density at radius 3 is 2.75 bits per heavy atom. The molecule has 0 saturated heterocycles. The minimum atomic E-state index is -0.357. The molecule has 0 unspecified atom stereocenters. The van der Waals surface area contributed by atoms with Gasteiger partial charge in [0.05, 0.1) is 11.9 Å². The van der Waals surface area contributed by atoms with E-state index in [4.69, 9.17) is 0 Å². The smallest absolute Gasteiger partial charge is 0.268 e. The summed E-state index contributed by atoms with van der Waals surface area (Å²) in [5, 5.41) is 7.73. The Balaban J connectivity index is 1.55. The van der Waals surface area contributed by atoms with Crippen molar-refractivity contribution in [3.05, 3.63) is 71.9 Å². The SMILES string of the molecule is CCCCC(=O)n1cc(-c2ccc3cc(C(=O)NCc4ccccc4F)n(C)c3n2)cn1. The summed E-state index contributed by atoms with van der Waals surface area (Å²) in [5.41, 5.74) is 2.86. The first kappa shape index (κ1) is 21.4. The van der Waals surface area contributed by atoms with Gasteiger partial charge in [0.2, 0.25) is 5.91 Å². The van der Waals surface area contributed by atoms with E-state index < -0.39 is 0 Å². The molecule has 0 radical (unpaired) electrons. The van der Waals surface area contributed by atoms with Crippen molar-refractivity contribution < 1.29 is 14.0 Å². The fourth-order valence-corrected chi connectivity index (χ4v) is 3.52. The van der Waals surface area contributed by atoms with E-state index in [1.807, 2.05) is 19.1 Å². The number of aromatic nitrogens is 4. The lowest BCUT2D eigenvalue weighted by molar-refractivity contribution is 0.0882. The largest absolute Gasteiger partial charge is 0.347 e. The number of hydrogen-bond donors (Lipinski definition) is 1. The zero-order valence-electron chi connectivity index (χ0n) is 18.0. The van der Waals surface area contributed by atoms with Crippen LogP contribution in [0.5, 0.6) is 0 Å². The minimum Gasteiger partial charge on any atom is -0.347 e. The molecule has 0 aliphatic rings. The average molecular weight is 433 g/mol. The van der Waals surface area contributed by atoms with Gasteiger partial charge >= 0.3 is 0 Å². The van der Waals surface area contributed by atoms with Crippen LogP contribution in [0.25, 0.3) is 22.3 Å². The number of nitrogens with one attached hydrogen (secondary N) is 1. The number of carbonyl (C=O) groups is 2. The number of fused-ring (bicyclic) bond motifs is 1. The number of aryl methyl sites for hydroxylation is 1. The van der Waals surface area contributed by atoms with Crippen LogP contribution in [0, 0.1) is 5.82 Å². The van der Waals surface area contributed by atoms with Crippen LogP contribution in [0.2, 0.25) is 0 Å². The number of rotatable bonds is 7. The van der Waals surface area contributed by atoms with Crippen molar-refractivity contribution in [2.24, 2.45) is 7.05 Å². The van der Waals surface area contributed by atoms with Crippen LogP contribution in [-0.2, 0) is 13.6 Å². The molecule has 0 aliphatic heterocycles. The molecule has 0 spiro atoms. The van der Waals surface area contributed by atoms with Crippen molar-refractivity contribution in [2.75, 3.05) is 0 Å². The van der Waals surface area contributed by atoms with Gasteiger partial charge in [-0.3, -0.25) is 9.59 Å². The third-order valence-electron chi connectivity index (χ3n) is 5.38. The highest BCUT2D eigenvalue weighted by atomic mass is 19.1. The summed E-state index contributed by atoms with van der Waals surface area (Å²) in [7, 11) is 1.76. The number of benzene rings is 1. The van der Waals surface area contributed by atoms with E-state index in [1.54, 1.807) is 48.3 Å². The zero-order chi connectivity index (χ0) is 22.7. The van der Waals surface area contributed by atoms with Gasteiger partial charge in [-0.15, -0.1) is 0 Å². The number of carbonyl (C=O) groups excluding carboxylic acids is 2. The highest BCUT2D eigenvalue weighted by Gasteiger charge is 2.16. The van der Waals surface area contributed by atoms with Gasteiger partial charge in [0, 0.05) is 42.7 Å². The first-order chi connectivity index (χ1) is 15.5. The molecule has 1 N–H and O–H groups in total. The molecule has 32 heavy (non-hydrogen) atoms. The van der Waals surface area contributed by atoms with Crippen molar-refractivity contribution in [3.63, 3.8) is 0 Å². The maximum atomic E-state index is 13.8. The fraction of sp³-hybridized carbons (Fsp3) is 0.250. The number of nitrogens with zero attached hydrogens (tertiary/aromatic N) is 4. The Bertz CT molecular complexity index is 1290. The number of halogens is 1. The monoisotopic (exact) mass is 433 g/mol. The second kappa shape index (κ2) is 9.13. The van der Waals surface area contributed by atoms with E-state index in [1.165, 1.54) is 10.7 Å². The molecule has 3 aromatic heterocycles. The highest BCUT2D eigenvalue weighted by molar-refractivity contribution is 5.98. The standard InChI is InChI=1S/C24H24FN5O2/c1-3-4-9-22(31)30-15-18(14-27-30)20-11-10-16-12-21(29(2)23(16)28-20)24(32)26-13-17-7-5-6-8-19(17)25/h5-8,10-12,14-15H,3-4,9,13H2,1-2H3,(H,26,32). The van der Waals surface area contributed by atoms with Gasteiger partial charge in [-0.2, -0.15) is 5.10 Å². The van der Waals surface area contributed by atoms with Crippen LogP contribution in [0.4, 0.5) is 4.39 Å². The molecule has 0 saturated carbocycles. The molecule has 0 fully saturated rings.